The third kappa shape index (κ3) is 3.70. The maximum atomic E-state index is 14.2. The van der Waals surface area contributed by atoms with Crippen LogP contribution in [-0.4, -0.2) is 27.3 Å². The van der Waals surface area contributed by atoms with Crippen LogP contribution in [0.25, 0.3) is 33.1 Å². The summed E-state index contributed by atoms with van der Waals surface area (Å²) in [7, 11) is 0. The average molecular weight is 439 g/mol. The Labute approximate surface area is 181 Å². The molecule has 2 aromatic heterocycles. The van der Waals surface area contributed by atoms with E-state index in [-0.39, 0.29) is 35.8 Å². The number of alkyl halides is 3. The van der Waals surface area contributed by atoms with Gasteiger partial charge in [-0.05, 0) is 42.7 Å². The van der Waals surface area contributed by atoms with Gasteiger partial charge in [0.05, 0.1) is 28.9 Å². The van der Waals surface area contributed by atoms with Crippen molar-refractivity contribution in [1.29, 1.82) is 0 Å². The minimum Gasteiger partial charge on any atom is -0.465 e. The predicted molar refractivity (Wildman–Crippen MR) is 114 cm³/mol. The number of pyridine rings is 1. The molecule has 1 aliphatic rings. The zero-order chi connectivity index (χ0) is 22.5. The summed E-state index contributed by atoms with van der Waals surface area (Å²) >= 11 is 0. The summed E-state index contributed by atoms with van der Waals surface area (Å²) in [5.74, 6) is -0.610. The Morgan fingerprint density at radius 2 is 1.88 bits per heavy atom. The molecule has 4 aromatic rings. The van der Waals surface area contributed by atoms with Gasteiger partial charge in [-0.1, -0.05) is 36.4 Å². The van der Waals surface area contributed by atoms with E-state index in [2.05, 4.69) is 10.1 Å². The fourth-order valence-corrected chi connectivity index (χ4v) is 4.00. The molecule has 1 fully saturated rings. The first-order valence-electron chi connectivity index (χ1n) is 10.5. The zero-order valence-corrected chi connectivity index (χ0v) is 17.3. The van der Waals surface area contributed by atoms with E-state index in [0.29, 0.717) is 11.3 Å². The van der Waals surface area contributed by atoms with Gasteiger partial charge in [0, 0.05) is 11.5 Å². The third-order valence-corrected chi connectivity index (χ3v) is 5.63. The Morgan fingerprint density at radius 3 is 2.56 bits per heavy atom. The molecule has 5 nitrogen and oxygen atoms in total. The second kappa shape index (κ2) is 7.62. The van der Waals surface area contributed by atoms with Gasteiger partial charge in [-0.15, -0.1) is 0 Å². The first-order valence-corrected chi connectivity index (χ1v) is 10.5. The lowest BCUT2D eigenvalue weighted by atomic mass is 10.0. The van der Waals surface area contributed by atoms with Gasteiger partial charge in [-0.3, -0.25) is 4.79 Å². The zero-order valence-electron chi connectivity index (χ0n) is 17.3. The van der Waals surface area contributed by atoms with Crippen molar-refractivity contribution in [2.24, 2.45) is 0 Å². The molecule has 0 radical (unpaired) electrons. The highest BCUT2D eigenvalue weighted by Crippen LogP contribution is 2.46. The van der Waals surface area contributed by atoms with Crippen molar-refractivity contribution in [3.8, 4) is 11.3 Å². The molecule has 5 rings (SSSR count). The van der Waals surface area contributed by atoms with Crippen molar-refractivity contribution in [2.45, 2.75) is 38.4 Å². The Balaban J connectivity index is 1.74. The number of benzene rings is 2. The number of carbonyl (C=O) groups is 1. The summed E-state index contributed by atoms with van der Waals surface area (Å²) in [6, 6.07) is 14.1. The molecule has 1 aliphatic carbocycles. The van der Waals surface area contributed by atoms with Crippen molar-refractivity contribution in [3.63, 3.8) is 0 Å². The van der Waals surface area contributed by atoms with Crippen LogP contribution in [0, 0.1) is 0 Å². The molecule has 164 valence electrons. The molecule has 0 bridgehead atoms. The highest BCUT2D eigenvalue weighted by atomic mass is 19.4. The first kappa shape index (κ1) is 20.5. The van der Waals surface area contributed by atoms with Gasteiger partial charge in [0.1, 0.15) is 6.54 Å². The lowest BCUT2D eigenvalue weighted by Gasteiger charge is -2.12. The number of hydrogen-bond acceptors (Lipinski definition) is 4. The molecule has 0 saturated heterocycles. The van der Waals surface area contributed by atoms with Crippen molar-refractivity contribution >= 4 is 27.8 Å². The van der Waals surface area contributed by atoms with Crippen LogP contribution < -0.4 is 0 Å². The maximum absolute atomic E-state index is 14.2. The lowest BCUT2D eigenvalue weighted by Crippen LogP contribution is -2.15. The lowest BCUT2D eigenvalue weighted by molar-refractivity contribution is -0.144. The molecular formula is C24H20F3N3O2. The minimum absolute atomic E-state index is 0.0196. The van der Waals surface area contributed by atoms with Crippen LogP contribution in [0.2, 0.25) is 0 Å². The number of carbonyl (C=O) groups excluding carboxylic acids is 1. The number of nitrogens with zero attached hydrogens (tertiary/aromatic N) is 3. The number of aromatic nitrogens is 3. The van der Waals surface area contributed by atoms with E-state index >= 15 is 0 Å². The second-order valence-electron chi connectivity index (χ2n) is 7.94. The van der Waals surface area contributed by atoms with E-state index in [1.54, 1.807) is 13.0 Å². The van der Waals surface area contributed by atoms with Crippen LogP contribution in [0.5, 0.6) is 0 Å². The predicted octanol–water partition coefficient (Wildman–Crippen LogP) is 5.71. The van der Waals surface area contributed by atoms with Crippen LogP contribution in [0.1, 0.15) is 36.9 Å². The largest absolute Gasteiger partial charge is 0.465 e. The second-order valence-corrected chi connectivity index (χ2v) is 7.94. The summed E-state index contributed by atoms with van der Waals surface area (Å²) in [5, 5.41) is 6.25. The molecule has 8 heteroatoms. The highest BCUT2D eigenvalue weighted by molar-refractivity contribution is 5.90. The van der Waals surface area contributed by atoms with Crippen LogP contribution in [0.15, 0.2) is 48.5 Å². The number of halogens is 3. The third-order valence-electron chi connectivity index (χ3n) is 5.63. The highest BCUT2D eigenvalue weighted by Gasteiger charge is 2.39. The van der Waals surface area contributed by atoms with Crippen molar-refractivity contribution in [2.75, 3.05) is 6.61 Å². The van der Waals surface area contributed by atoms with Gasteiger partial charge < -0.3 is 4.74 Å². The molecule has 2 heterocycles. The van der Waals surface area contributed by atoms with Crippen LogP contribution in [0.4, 0.5) is 13.2 Å². The van der Waals surface area contributed by atoms with E-state index in [0.717, 1.165) is 29.7 Å². The number of esters is 1. The summed E-state index contributed by atoms with van der Waals surface area (Å²) in [5.41, 5.74) is 0.380. The van der Waals surface area contributed by atoms with E-state index in [4.69, 9.17) is 4.74 Å². The maximum Gasteiger partial charge on any atom is 0.417 e. The van der Waals surface area contributed by atoms with Crippen molar-refractivity contribution < 1.29 is 22.7 Å². The summed E-state index contributed by atoms with van der Waals surface area (Å²) in [6.45, 7) is 1.56. The Morgan fingerprint density at radius 1 is 1.12 bits per heavy atom. The van der Waals surface area contributed by atoms with E-state index < -0.39 is 17.7 Å². The van der Waals surface area contributed by atoms with Gasteiger partial charge in [0.25, 0.3) is 0 Å². The molecule has 32 heavy (non-hydrogen) atoms. The minimum atomic E-state index is -4.59. The van der Waals surface area contributed by atoms with Crippen molar-refractivity contribution in [3.05, 3.63) is 59.8 Å². The van der Waals surface area contributed by atoms with E-state index in [1.807, 2.05) is 36.4 Å². The molecule has 0 aliphatic heterocycles. The Kier molecular flexibility index (Phi) is 4.87. The summed E-state index contributed by atoms with van der Waals surface area (Å²) < 4.78 is 48.7. The van der Waals surface area contributed by atoms with Gasteiger partial charge in [0.2, 0.25) is 0 Å². The van der Waals surface area contributed by atoms with Gasteiger partial charge >= 0.3 is 12.1 Å². The molecule has 0 unspecified atom stereocenters. The van der Waals surface area contributed by atoms with Crippen LogP contribution in [0.3, 0.4) is 0 Å². The average Bonchev–Trinajstić information content (AvgIpc) is 3.55. The number of fused-ring (bicyclic) bond motifs is 2. The molecule has 0 N–H and O–H groups in total. The molecular weight excluding hydrogens is 419 g/mol. The molecule has 0 amide bonds. The van der Waals surface area contributed by atoms with Crippen molar-refractivity contribution in [1.82, 2.24) is 14.8 Å². The number of hydrogen-bond donors (Lipinski definition) is 0. The Hall–Kier alpha value is -3.42. The molecule has 0 spiro atoms. The first-order chi connectivity index (χ1) is 15.3. The quantitative estimate of drug-likeness (QED) is 0.374. The molecule has 0 atom stereocenters. The summed E-state index contributed by atoms with van der Waals surface area (Å²) in [4.78, 5) is 16.7. The van der Waals surface area contributed by atoms with E-state index in [1.165, 1.54) is 4.68 Å². The normalized spacial score (nSPS) is 14.2. The Bertz CT molecular complexity index is 1340. The standard InChI is InChI=1S/C24H20F3N3O2/c1-2-32-20(31)13-30-23-21(22(29-30)15-8-9-15)18(24(25,26)27)12-19(28-23)17-10-7-14-5-3-4-6-16(14)11-17/h3-7,10-12,15H,2,8-9,13H2,1H3. The summed E-state index contributed by atoms with van der Waals surface area (Å²) in [6.07, 6.45) is -3.04. The van der Waals surface area contributed by atoms with Gasteiger partial charge in [-0.25, -0.2) is 9.67 Å². The smallest absolute Gasteiger partial charge is 0.417 e. The molecule has 2 aromatic carbocycles. The number of ether oxygens (including phenoxy) is 1. The van der Waals surface area contributed by atoms with E-state index in [9.17, 15) is 18.0 Å². The number of rotatable bonds is 5. The SMILES string of the molecule is CCOC(=O)Cn1nc(C2CC2)c2c(C(F)(F)F)cc(-c3ccc4ccccc4c3)nc21. The fourth-order valence-electron chi connectivity index (χ4n) is 4.00. The van der Waals surface area contributed by atoms with Crippen LogP contribution in [-0.2, 0) is 22.3 Å². The van der Waals surface area contributed by atoms with Gasteiger partial charge in [0.15, 0.2) is 5.65 Å². The molecule has 1 saturated carbocycles. The monoisotopic (exact) mass is 439 g/mol. The fraction of sp³-hybridized carbons (Fsp3) is 0.292. The van der Waals surface area contributed by atoms with Gasteiger partial charge in [-0.2, -0.15) is 18.3 Å². The van der Waals surface area contributed by atoms with Crippen LogP contribution >= 0.6 is 0 Å². The topological polar surface area (TPSA) is 57.0 Å².